The first-order chi connectivity index (χ1) is 13.6. The van der Waals surface area contributed by atoms with E-state index in [1.807, 2.05) is 19.9 Å². The Morgan fingerprint density at radius 1 is 1.14 bits per heavy atom. The standard InChI is InChI=1S/C21H23F3N2O3/c1-13-11-17(14(2)29-13)12-25-19(27)15-7-9-26(10-8-15)20(28)16-3-5-18(6-4-16)21(22,23)24/h3-6,11,15H,7-10,12H2,1-2H3,(H,25,27). The third-order valence-electron chi connectivity index (χ3n) is 5.21. The van der Waals surface area contributed by atoms with Gasteiger partial charge in [0.15, 0.2) is 0 Å². The van der Waals surface area contributed by atoms with Gasteiger partial charge in [-0.15, -0.1) is 0 Å². The second kappa shape index (κ2) is 8.31. The molecule has 0 spiro atoms. The van der Waals surface area contributed by atoms with Crippen LogP contribution in [-0.2, 0) is 17.5 Å². The predicted octanol–water partition coefficient (Wildman–Crippen LogP) is 4.08. The average molecular weight is 408 g/mol. The zero-order chi connectivity index (χ0) is 21.2. The van der Waals surface area contributed by atoms with Crippen molar-refractivity contribution in [3.63, 3.8) is 0 Å². The number of carbonyl (C=O) groups excluding carboxylic acids is 2. The van der Waals surface area contributed by atoms with Crippen LogP contribution in [0, 0.1) is 19.8 Å². The molecule has 2 aromatic rings. The highest BCUT2D eigenvalue weighted by Crippen LogP contribution is 2.29. The molecule has 0 bridgehead atoms. The van der Waals surface area contributed by atoms with Gasteiger partial charge in [-0.3, -0.25) is 9.59 Å². The lowest BCUT2D eigenvalue weighted by Crippen LogP contribution is -2.43. The van der Waals surface area contributed by atoms with Crippen LogP contribution in [-0.4, -0.2) is 29.8 Å². The smallest absolute Gasteiger partial charge is 0.416 e. The summed E-state index contributed by atoms with van der Waals surface area (Å²) < 4.78 is 43.4. The van der Waals surface area contributed by atoms with Gasteiger partial charge in [0.05, 0.1) is 5.56 Å². The minimum atomic E-state index is -4.43. The van der Waals surface area contributed by atoms with Crippen LogP contribution in [0.3, 0.4) is 0 Å². The van der Waals surface area contributed by atoms with Crippen LogP contribution in [0.4, 0.5) is 13.2 Å². The van der Waals surface area contributed by atoms with Gasteiger partial charge in [-0.2, -0.15) is 13.2 Å². The highest BCUT2D eigenvalue weighted by atomic mass is 19.4. The van der Waals surface area contributed by atoms with Gasteiger partial charge in [0.2, 0.25) is 5.91 Å². The number of hydrogen-bond acceptors (Lipinski definition) is 3. The fourth-order valence-corrected chi connectivity index (χ4v) is 3.51. The Hall–Kier alpha value is -2.77. The van der Waals surface area contributed by atoms with Crippen LogP contribution >= 0.6 is 0 Å². The molecule has 1 fully saturated rings. The number of furan rings is 1. The molecule has 0 aliphatic carbocycles. The third-order valence-corrected chi connectivity index (χ3v) is 5.21. The number of hydrogen-bond donors (Lipinski definition) is 1. The molecule has 1 saturated heterocycles. The van der Waals surface area contributed by atoms with Gasteiger partial charge in [0.25, 0.3) is 5.91 Å². The Bertz CT molecular complexity index is 880. The summed E-state index contributed by atoms with van der Waals surface area (Å²) in [4.78, 5) is 26.5. The monoisotopic (exact) mass is 408 g/mol. The highest BCUT2D eigenvalue weighted by molar-refractivity contribution is 5.94. The van der Waals surface area contributed by atoms with Gasteiger partial charge in [-0.05, 0) is 57.0 Å². The Labute approximate surface area is 166 Å². The summed E-state index contributed by atoms with van der Waals surface area (Å²) in [7, 11) is 0. The number of amides is 2. The Morgan fingerprint density at radius 3 is 2.28 bits per heavy atom. The first-order valence-corrected chi connectivity index (χ1v) is 9.45. The SMILES string of the molecule is Cc1cc(CNC(=O)C2CCN(C(=O)c3ccc(C(F)(F)F)cc3)CC2)c(C)o1. The van der Waals surface area contributed by atoms with Crippen molar-refractivity contribution in [3.8, 4) is 0 Å². The molecule has 2 heterocycles. The van der Waals surface area contributed by atoms with Crippen LogP contribution in [0.15, 0.2) is 34.7 Å². The van der Waals surface area contributed by atoms with Crippen LogP contribution in [0.25, 0.3) is 0 Å². The number of alkyl halides is 3. The van der Waals surface area contributed by atoms with Gasteiger partial charge < -0.3 is 14.6 Å². The first-order valence-electron chi connectivity index (χ1n) is 9.45. The van der Waals surface area contributed by atoms with Crippen LogP contribution in [0.1, 0.15) is 45.8 Å². The highest BCUT2D eigenvalue weighted by Gasteiger charge is 2.31. The number of piperidine rings is 1. The molecule has 3 rings (SSSR count). The second-order valence-corrected chi connectivity index (χ2v) is 7.30. The minimum absolute atomic E-state index is 0.0649. The minimum Gasteiger partial charge on any atom is -0.466 e. The van der Waals surface area contributed by atoms with Crippen molar-refractivity contribution < 1.29 is 27.2 Å². The summed E-state index contributed by atoms with van der Waals surface area (Å²) >= 11 is 0. The number of halogens is 3. The summed E-state index contributed by atoms with van der Waals surface area (Å²) in [6.45, 7) is 4.87. The molecule has 1 aliphatic heterocycles. The molecule has 1 N–H and O–H groups in total. The maximum atomic E-state index is 12.7. The fraction of sp³-hybridized carbons (Fsp3) is 0.429. The van der Waals surface area contributed by atoms with Gasteiger partial charge >= 0.3 is 6.18 Å². The number of likely N-dealkylation sites (tertiary alicyclic amines) is 1. The fourth-order valence-electron chi connectivity index (χ4n) is 3.51. The Morgan fingerprint density at radius 2 is 1.76 bits per heavy atom. The number of nitrogens with one attached hydrogen (secondary N) is 1. The zero-order valence-corrected chi connectivity index (χ0v) is 16.3. The molecule has 1 aromatic carbocycles. The molecular formula is C21H23F3N2O3. The number of rotatable bonds is 4. The van der Waals surface area contributed by atoms with Gasteiger partial charge in [0, 0.05) is 36.7 Å². The lowest BCUT2D eigenvalue weighted by Gasteiger charge is -2.31. The van der Waals surface area contributed by atoms with Gasteiger partial charge in [0.1, 0.15) is 11.5 Å². The topological polar surface area (TPSA) is 62.6 Å². The van der Waals surface area contributed by atoms with E-state index in [4.69, 9.17) is 4.42 Å². The van der Waals surface area contributed by atoms with Crippen LogP contribution in [0.2, 0.25) is 0 Å². The largest absolute Gasteiger partial charge is 0.466 e. The van der Waals surface area contributed by atoms with E-state index in [2.05, 4.69) is 5.32 Å². The van der Waals surface area contributed by atoms with Crippen LogP contribution < -0.4 is 5.32 Å². The van der Waals surface area contributed by atoms with Crippen molar-refractivity contribution in [2.24, 2.45) is 5.92 Å². The molecule has 2 amide bonds. The van der Waals surface area contributed by atoms with Gasteiger partial charge in [-0.1, -0.05) is 0 Å². The van der Waals surface area contributed by atoms with Crippen molar-refractivity contribution in [1.29, 1.82) is 0 Å². The lowest BCUT2D eigenvalue weighted by molar-refractivity contribution is -0.137. The van der Waals surface area contributed by atoms with E-state index in [0.29, 0.717) is 32.5 Å². The first kappa shape index (κ1) is 21.0. The van der Waals surface area contributed by atoms with E-state index < -0.39 is 11.7 Å². The van der Waals surface area contributed by atoms with E-state index in [1.54, 1.807) is 4.90 Å². The molecule has 1 aliphatic rings. The molecule has 0 unspecified atom stereocenters. The van der Waals surface area contributed by atoms with E-state index >= 15 is 0 Å². The van der Waals surface area contributed by atoms with Gasteiger partial charge in [-0.25, -0.2) is 0 Å². The van der Waals surface area contributed by atoms with Crippen molar-refractivity contribution in [3.05, 3.63) is 58.5 Å². The van der Waals surface area contributed by atoms with Crippen molar-refractivity contribution >= 4 is 11.8 Å². The molecule has 0 radical (unpaired) electrons. The Kier molecular flexibility index (Phi) is 6.00. The lowest BCUT2D eigenvalue weighted by atomic mass is 9.95. The molecule has 8 heteroatoms. The molecule has 1 aromatic heterocycles. The molecule has 29 heavy (non-hydrogen) atoms. The summed E-state index contributed by atoms with van der Waals surface area (Å²) in [6, 6.07) is 6.10. The summed E-state index contributed by atoms with van der Waals surface area (Å²) in [5.74, 6) is 0.994. The molecule has 0 saturated carbocycles. The molecule has 5 nitrogen and oxygen atoms in total. The summed E-state index contributed by atoms with van der Waals surface area (Å²) in [5, 5.41) is 2.91. The maximum Gasteiger partial charge on any atom is 0.416 e. The number of nitrogens with zero attached hydrogens (tertiary/aromatic N) is 1. The molecule has 0 atom stereocenters. The summed E-state index contributed by atoms with van der Waals surface area (Å²) in [6.07, 6.45) is -3.40. The number of aryl methyl sites for hydroxylation is 2. The van der Waals surface area contributed by atoms with Crippen LogP contribution in [0.5, 0.6) is 0 Å². The Balaban J connectivity index is 1.51. The average Bonchev–Trinajstić information content (AvgIpc) is 3.02. The van der Waals surface area contributed by atoms with E-state index in [1.165, 1.54) is 12.1 Å². The van der Waals surface area contributed by atoms with Crippen molar-refractivity contribution in [1.82, 2.24) is 10.2 Å². The van der Waals surface area contributed by atoms with E-state index in [9.17, 15) is 22.8 Å². The number of benzene rings is 1. The van der Waals surface area contributed by atoms with Crippen molar-refractivity contribution in [2.45, 2.75) is 39.4 Å². The number of carbonyl (C=O) groups is 2. The molecule has 156 valence electrons. The zero-order valence-electron chi connectivity index (χ0n) is 16.3. The second-order valence-electron chi connectivity index (χ2n) is 7.30. The van der Waals surface area contributed by atoms with E-state index in [0.717, 1.165) is 29.2 Å². The third kappa shape index (κ3) is 4.99. The van der Waals surface area contributed by atoms with E-state index in [-0.39, 0.29) is 23.3 Å². The predicted molar refractivity (Wildman–Crippen MR) is 100 cm³/mol. The maximum absolute atomic E-state index is 12.7. The summed E-state index contributed by atoms with van der Waals surface area (Å²) in [5.41, 5.74) is 0.366. The normalized spacial score (nSPS) is 15.4. The van der Waals surface area contributed by atoms with Crippen molar-refractivity contribution in [2.75, 3.05) is 13.1 Å². The molecular weight excluding hydrogens is 385 g/mol. The quantitative estimate of drug-likeness (QED) is 0.829.